The van der Waals surface area contributed by atoms with E-state index in [0.29, 0.717) is 29.4 Å². The number of anilines is 2. The lowest BCUT2D eigenvalue weighted by Crippen LogP contribution is -2.21. The Balaban J connectivity index is 1.62. The highest BCUT2D eigenvalue weighted by Gasteiger charge is 2.18. The van der Waals surface area contributed by atoms with Gasteiger partial charge in [0.2, 0.25) is 5.91 Å². The monoisotopic (exact) mass is 397 g/mol. The molecular formula is C20H20FN5O3. The molecule has 29 heavy (non-hydrogen) atoms. The van der Waals surface area contributed by atoms with Gasteiger partial charge in [0.1, 0.15) is 18.1 Å². The van der Waals surface area contributed by atoms with Crippen molar-refractivity contribution in [2.75, 3.05) is 17.2 Å². The van der Waals surface area contributed by atoms with Gasteiger partial charge in [-0.1, -0.05) is 5.21 Å². The molecule has 1 heterocycles. The zero-order valence-electron chi connectivity index (χ0n) is 16.0. The molecule has 0 radical (unpaired) electrons. The zero-order valence-corrected chi connectivity index (χ0v) is 16.0. The van der Waals surface area contributed by atoms with Crippen molar-refractivity contribution < 1.29 is 18.7 Å². The first-order valence-corrected chi connectivity index (χ1v) is 8.96. The van der Waals surface area contributed by atoms with Crippen LogP contribution in [0, 0.1) is 12.7 Å². The van der Waals surface area contributed by atoms with Gasteiger partial charge in [0.15, 0.2) is 5.69 Å². The summed E-state index contributed by atoms with van der Waals surface area (Å²) >= 11 is 0. The number of benzene rings is 2. The second-order valence-electron chi connectivity index (χ2n) is 6.15. The van der Waals surface area contributed by atoms with Gasteiger partial charge in [-0.05, 0) is 62.4 Å². The third-order valence-electron chi connectivity index (χ3n) is 4.04. The van der Waals surface area contributed by atoms with Crippen LogP contribution >= 0.6 is 0 Å². The number of carbonyl (C=O) groups excluding carboxylic acids is 2. The van der Waals surface area contributed by atoms with Gasteiger partial charge in [0, 0.05) is 11.4 Å². The molecular weight excluding hydrogens is 377 g/mol. The van der Waals surface area contributed by atoms with E-state index in [1.807, 2.05) is 6.92 Å². The molecule has 0 atom stereocenters. The molecule has 0 aliphatic rings. The number of hydrogen-bond acceptors (Lipinski definition) is 5. The summed E-state index contributed by atoms with van der Waals surface area (Å²) in [6.07, 6.45) is 0. The maximum Gasteiger partial charge on any atom is 0.278 e. The van der Waals surface area contributed by atoms with Crippen molar-refractivity contribution in [1.29, 1.82) is 0 Å². The molecule has 0 unspecified atom stereocenters. The fourth-order valence-corrected chi connectivity index (χ4v) is 2.58. The van der Waals surface area contributed by atoms with Crippen LogP contribution in [0.3, 0.4) is 0 Å². The topological polar surface area (TPSA) is 98.1 Å². The standard InChI is InChI=1S/C20H20FN5O3/c1-3-29-17-10-8-16(9-11-17)23-20(28)19-13(2)26(25-24-19)12-18(27)22-15-6-4-14(21)5-7-15/h4-11H,3,12H2,1-2H3,(H,22,27)(H,23,28). The highest BCUT2D eigenvalue weighted by Crippen LogP contribution is 2.17. The van der Waals surface area contributed by atoms with Crippen LogP contribution in [0.25, 0.3) is 0 Å². The molecule has 1 aromatic heterocycles. The number of halogens is 1. The number of hydrogen-bond donors (Lipinski definition) is 2. The molecule has 3 rings (SSSR count). The number of nitrogens with one attached hydrogen (secondary N) is 2. The minimum atomic E-state index is -0.433. The molecule has 2 N–H and O–H groups in total. The summed E-state index contributed by atoms with van der Waals surface area (Å²) < 4.78 is 19.6. The Bertz CT molecular complexity index is 1000. The predicted molar refractivity (Wildman–Crippen MR) is 105 cm³/mol. The van der Waals surface area contributed by atoms with E-state index >= 15 is 0 Å². The summed E-state index contributed by atoms with van der Waals surface area (Å²) in [4.78, 5) is 24.6. The van der Waals surface area contributed by atoms with Crippen molar-refractivity contribution >= 4 is 23.2 Å². The van der Waals surface area contributed by atoms with E-state index in [1.165, 1.54) is 28.9 Å². The molecule has 0 bridgehead atoms. The average Bonchev–Trinajstić information content (AvgIpc) is 3.06. The molecule has 0 aliphatic carbocycles. The first-order valence-electron chi connectivity index (χ1n) is 8.96. The van der Waals surface area contributed by atoms with Crippen molar-refractivity contribution in [2.24, 2.45) is 0 Å². The van der Waals surface area contributed by atoms with E-state index in [9.17, 15) is 14.0 Å². The largest absolute Gasteiger partial charge is 0.494 e. The number of carbonyl (C=O) groups is 2. The highest BCUT2D eigenvalue weighted by atomic mass is 19.1. The minimum Gasteiger partial charge on any atom is -0.494 e. The van der Waals surface area contributed by atoms with Crippen molar-refractivity contribution in [3.63, 3.8) is 0 Å². The molecule has 0 saturated heterocycles. The maximum absolute atomic E-state index is 12.9. The third-order valence-corrected chi connectivity index (χ3v) is 4.04. The molecule has 150 valence electrons. The van der Waals surface area contributed by atoms with E-state index in [2.05, 4.69) is 20.9 Å². The predicted octanol–water partition coefficient (Wildman–Crippen LogP) is 3.02. The van der Waals surface area contributed by atoms with Crippen molar-refractivity contribution in [3.05, 3.63) is 65.7 Å². The van der Waals surface area contributed by atoms with Gasteiger partial charge >= 0.3 is 0 Å². The highest BCUT2D eigenvalue weighted by molar-refractivity contribution is 6.03. The van der Waals surface area contributed by atoms with Crippen LogP contribution in [0.5, 0.6) is 5.75 Å². The number of nitrogens with zero attached hydrogens (tertiary/aromatic N) is 3. The normalized spacial score (nSPS) is 10.4. The lowest BCUT2D eigenvalue weighted by atomic mass is 10.2. The number of ether oxygens (including phenoxy) is 1. The lowest BCUT2D eigenvalue weighted by Gasteiger charge is -2.07. The van der Waals surface area contributed by atoms with E-state index in [4.69, 9.17) is 4.74 Å². The Morgan fingerprint density at radius 2 is 1.66 bits per heavy atom. The van der Waals surface area contributed by atoms with Crippen molar-refractivity contribution in [3.8, 4) is 5.75 Å². The van der Waals surface area contributed by atoms with Crippen LogP contribution in [0.4, 0.5) is 15.8 Å². The van der Waals surface area contributed by atoms with Gasteiger partial charge in [-0.15, -0.1) is 5.10 Å². The maximum atomic E-state index is 12.9. The molecule has 0 saturated carbocycles. The summed E-state index contributed by atoms with van der Waals surface area (Å²) in [6, 6.07) is 12.4. The Morgan fingerprint density at radius 3 is 2.31 bits per heavy atom. The Labute approximate surface area is 166 Å². The number of amides is 2. The molecule has 3 aromatic rings. The van der Waals surface area contributed by atoms with Crippen LogP contribution in [0.15, 0.2) is 48.5 Å². The SMILES string of the molecule is CCOc1ccc(NC(=O)c2nnn(CC(=O)Nc3ccc(F)cc3)c2C)cc1. The van der Waals surface area contributed by atoms with Gasteiger partial charge in [-0.2, -0.15) is 0 Å². The summed E-state index contributed by atoms with van der Waals surface area (Å²) in [6.45, 7) is 3.97. The van der Waals surface area contributed by atoms with Gasteiger partial charge in [-0.3, -0.25) is 9.59 Å². The lowest BCUT2D eigenvalue weighted by molar-refractivity contribution is -0.117. The quantitative estimate of drug-likeness (QED) is 0.639. The van der Waals surface area contributed by atoms with Gasteiger partial charge in [-0.25, -0.2) is 9.07 Å². The first kappa shape index (κ1) is 20.0. The van der Waals surface area contributed by atoms with Crippen LogP contribution < -0.4 is 15.4 Å². The molecule has 0 fully saturated rings. The second kappa shape index (κ2) is 8.96. The molecule has 9 heteroatoms. The van der Waals surface area contributed by atoms with Crippen molar-refractivity contribution in [2.45, 2.75) is 20.4 Å². The smallest absolute Gasteiger partial charge is 0.278 e. The third kappa shape index (κ3) is 5.16. The average molecular weight is 397 g/mol. The summed E-state index contributed by atoms with van der Waals surface area (Å²) in [7, 11) is 0. The van der Waals surface area contributed by atoms with Gasteiger partial charge in [0.05, 0.1) is 12.3 Å². The zero-order chi connectivity index (χ0) is 20.8. The summed E-state index contributed by atoms with van der Waals surface area (Å²) in [5.74, 6) is -0.488. The molecule has 0 aliphatic heterocycles. The molecule has 2 aromatic carbocycles. The van der Waals surface area contributed by atoms with Crippen LogP contribution in [0.2, 0.25) is 0 Å². The number of aromatic nitrogens is 3. The molecule has 2 amide bonds. The van der Waals surface area contributed by atoms with Crippen LogP contribution in [-0.4, -0.2) is 33.4 Å². The molecule has 8 nitrogen and oxygen atoms in total. The van der Waals surface area contributed by atoms with E-state index < -0.39 is 11.7 Å². The van der Waals surface area contributed by atoms with Gasteiger partial charge < -0.3 is 15.4 Å². The molecule has 0 spiro atoms. The Morgan fingerprint density at radius 1 is 1.03 bits per heavy atom. The summed E-state index contributed by atoms with van der Waals surface area (Å²) in [5, 5.41) is 13.1. The van der Waals surface area contributed by atoms with Crippen LogP contribution in [0.1, 0.15) is 23.1 Å². The van der Waals surface area contributed by atoms with E-state index in [0.717, 1.165) is 0 Å². The fourth-order valence-electron chi connectivity index (χ4n) is 2.58. The van der Waals surface area contributed by atoms with Crippen LogP contribution in [-0.2, 0) is 11.3 Å². The summed E-state index contributed by atoms with van der Waals surface area (Å²) in [5.41, 5.74) is 1.61. The number of rotatable bonds is 7. The van der Waals surface area contributed by atoms with E-state index in [-0.39, 0.29) is 18.1 Å². The van der Waals surface area contributed by atoms with Crippen molar-refractivity contribution in [1.82, 2.24) is 15.0 Å². The second-order valence-corrected chi connectivity index (χ2v) is 6.15. The minimum absolute atomic E-state index is 0.119. The first-order chi connectivity index (χ1) is 14.0. The Kier molecular flexibility index (Phi) is 6.18. The van der Waals surface area contributed by atoms with Gasteiger partial charge in [0.25, 0.3) is 5.91 Å². The Hall–Kier alpha value is -3.75. The van der Waals surface area contributed by atoms with E-state index in [1.54, 1.807) is 31.2 Å². The fraction of sp³-hybridized carbons (Fsp3) is 0.200.